The molecule has 0 N–H and O–H groups in total. The number of aromatic nitrogens is 3. The van der Waals surface area contributed by atoms with Crippen molar-refractivity contribution < 1.29 is 127 Å². The van der Waals surface area contributed by atoms with Gasteiger partial charge >= 0.3 is 82.7 Å². The largest absolute Gasteiger partial charge is 0.536 e. The van der Waals surface area contributed by atoms with Crippen LogP contribution in [0.25, 0.3) is 0 Å². The smallest absolute Gasteiger partial charge is 0.492 e. The molecule has 1 aromatic heterocycles. The van der Waals surface area contributed by atoms with E-state index in [-0.39, 0.29) is 5.75 Å². The van der Waals surface area contributed by atoms with Crippen LogP contribution >= 0.6 is 0 Å². The van der Waals surface area contributed by atoms with Gasteiger partial charge < -0.3 is 14.2 Å². The minimum atomic E-state index is -6.64. The molecule has 41 heteroatoms. The Bertz CT molecular complexity index is 3210. The van der Waals surface area contributed by atoms with E-state index in [1.54, 1.807) is 0 Å². The first kappa shape index (κ1) is 62.1. The fourth-order valence-corrected chi connectivity index (χ4v) is 6.09. The Morgan fingerprint density at radius 1 is 0.416 bits per heavy atom. The topological polar surface area (TPSA) is 261 Å². The zero-order chi connectivity index (χ0) is 58.3. The Balaban J connectivity index is 1.62. The predicted molar refractivity (Wildman–Crippen MR) is 221 cm³/mol. The van der Waals surface area contributed by atoms with E-state index in [2.05, 4.69) is 28.3 Å². The molecule has 4 aromatic rings. The number of oxime groups is 3. The Labute approximate surface area is 415 Å². The lowest BCUT2D eigenvalue weighted by atomic mass is 10.1. The average molecular weight is 1200 g/mol. The lowest BCUT2D eigenvalue weighted by Gasteiger charge is -2.16. The molecule has 4 rings (SSSR count). The molecule has 0 bridgehead atoms. The summed E-state index contributed by atoms with van der Waals surface area (Å²) < 4.78 is 316. The molecule has 1 heterocycles. The number of nitrogens with zero attached hydrogens (tertiary/aromatic N) is 6. The summed E-state index contributed by atoms with van der Waals surface area (Å²) >= 11 is 0. The second-order valence-corrected chi connectivity index (χ2v) is 18.5. The van der Waals surface area contributed by atoms with E-state index in [1.165, 1.54) is 0 Å². The van der Waals surface area contributed by atoms with Crippen LogP contribution in [-0.2, 0) is 62.8 Å². The van der Waals surface area contributed by atoms with Crippen molar-refractivity contribution in [2.24, 2.45) is 15.5 Å². The van der Waals surface area contributed by atoms with Crippen LogP contribution in [0.1, 0.15) is 16.7 Å². The van der Waals surface area contributed by atoms with E-state index < -0.39 is 168 Å². The van der Waals surface area contributed by atoms with E-state index in [0.717, 1.165) is 36.4 Å². The quantitative estimate of drug-likeness (QED) is 0.0407. The predicted octanol–water partition coefficient (Wildman–Crippen LogP) is 5.51. The second-order valence-electron chi connectivity index (χ2n) is 14.0. The van der Waals surface area contributed by atoms with Gasteiger partial charge in [-0.15, -0.1) is 0 Å². The maximum absolute atomic E-state index is 13.6. The van der Waals surface area contributed by atoms with Crippen LogP contribution in [0.15, 0.2) is 103 Å². The maximum Gasteiger partial charge on any atom is 0.536 e. The first-order valence-electron chi connectivity index (χ1n) is 19.5. The molecule has 0 saturated carbocycles. The van der Waals surface area contributed by atoms with Crippen LogP contribution < -0.4 is 31.3 Å². The maximum atomic E-state index is 13.6. The Morgan fingerprint density at radius 2 is 0.649 bits per heavy atom. The molecule has 21 nitrogen and oxygen atoms in total. The van der Waals surface area contributed by atoms with Crippen LogP contribution in [-0.4, -0.2) is 111 Å². The van der Waals surface area contributed by atoms with E-state index in [9.17, 15) is 114 Å². The van der Waals surface area contributed by atoms with Crippen molar-refractivity contribution in [2.45, 2.75) is 54.9 Å². The molecule has 0 unspecified atom stereocenters. The molecule has 0 aliphatic rings. The molecule has 0 saturated heterocycles. The van der Waals surface area contributed by atoms with Crippen LogP contribution in [0.4, 0.5) is 74.6 Å². The molecule has 3 aromatic carbocycles. The molecule has 0 amide bonds. The monoisotopic (exact) mass is 1200 g/mol. The zero-order valence-corrected chi connectivity index (χ0v) is 39.2. The number of halogens is 17. The third kappa shape index (κ3) is 16.3. The van der Waals surface area contributed by atoms with Gasteiger partial charge in [0.05, 0.1) is 19.6 Å². The minimum Gasteiger partial charge on any atom is -0.492 e. The zero-order valence-electron chi connectivity index (χ0n) is 36.7. The lowest BCUT2D eigenvalue weighted by molar-refractivity contribution is -0.0636. The summed E-state index contributed by atoms with van der Waals surface area (Å²) in [6.07, 6.45) is -16.7. The van der Waals surface area contributed by atoms with Gasteiger partial charge in [-0.1, -0.05) is 15.5 Å². The summed E-state index contributed by atoms with van der Waals surface area (Å²) in [5.41, 5.74) is -26.5. The van der Waals surface area contributed by atoms with E-state index in [1.807, 2.05) is 0 Å². The second kappa shape index (κ2) is 23.4. The highest BCUT2D eigenvalue weighted by atomic mass is 32.2. The summed E-state index contributed by atoms with van der Waals surface area (Å²) in [7, 11) is -19.2. The van der Waals surface area contributed by atoms with Gasteiger partial charge in [-0.3, -0.25) is 12.9 Å². The molecule has 0 aliphatic carbocycles. The van der Waals surface area contributed by atoms with Gasteiger partial charge in [0.2, 0.25) is 0 Å². The minimum absolute atomic E-state index is 0.305. The summed E-state index contributed by atoms with van der Waals surface area (Å²) in [4.78, 5) is 40.7. The fourth-order valence-electron chi connectivity index (χ4n) is 5.33. The third-order valence-corrected chi connectivity index (χ3v) is 11.2. The lowest BCUT2D eigenvalue weighted by Crippen LogP contribution is -2.55. The van der Waals surface area contributed by atoms with Crippen LogP contribution in [0.5, 0.6) is 17.2 Å². The van der Waals surface area contributed by atoms with E-state index >= 15 is 0 Å². The Kier molecular flexibility index (Phi) is 18.9. The molecule has 0 radical (unpaired) electrons. The summed E-state index contributed by atoms with van der Waals surface area (Å²) in [6.45, 7) is -4.89. The number of rotatable bonds is 22. The molecule has 0 aliphatic heterocycles. The molecule has 0 fully saturated rings. The number of ether oxygens (including phenoxy) is 3. The highest BCUT2D eigenvalue weighted by Crippen LogP contribution is 2.31. The van der Waals surface area contributed by atoms with Crippen molar-refractivity contribution >= 4 is 47.5 Å². The van der Waals surface area contributed by atoms with Gasteiger partial charge in [0, 0.05) is 16.7 Å². The van der Waals surface area contributed by atoms with Gasteiger partial charge in [-0.2, -0.15) is 99.9 Å². The summed E-state index contributed by atoms with van der Waals surface area (Å²) in [5.74, 6) is -5.42. The highest BCUT2D eigenvalue weighted by Gasteiger charge is 2.51. The molecule has 426 valence electrons. The molecular weight excluding hydrogens is 1180 g/mol. The SMILES string of the molecule is O=c1n(CCOc2ccc(/C(=N/OS(=O)(=O)C(F)F)C(F)(F)F)cc2)c(=O)n(CCOc2ccc(/C(=N/OS(=O)(=O)C(F)(F)F)C(F)(F)F)cc2)c(=O)n1CCOc1ccc(/C(=N/OS(=O)(=O)C(F)(F)F)C(F)(F)F)cc1. The van der Waals surface area contributed by atoms with Gasteiger partial charge in [-0.25, -0.2) is 28.1 Å². The van der Waals surface area contributed by atoms with Crippen molar-refractivity contribution in [3.63, 3.8) is 0 Å². The van der Waals surface area contributed by atoms with Crippen LogP contribution in [0.3, 0.4) is 0 Å². The number of benzene rings is 3. The van der Waals surface area contributed by atoms with Crippen molar-refractivity contribution in [3.05, 3.63) is 121 Å². The summed E-state index contributed by atoms with van der Waals surface area (Å²) in [6, 6.07) is 7.64. The van der Waals surface area contributed by atoms with Crippen molar-refractivity contribution in [2.75, 3.05) is 19.8 Å². The summed E-state index contributed by atoms with van der Waals surface area (Å²) in [5, 5.41) is 6.41. The number of hydrogen-bond donors (Lipinski definition) is 0. The average Bonchev–Trinajstić information content (AvgIpc) is 3.29. The molecule has 0 atom stereocenters. The van der Waals surface area contributed by atoms with Gasteiger partial charge in [-0.05, 0) is 72.8 Å². The fraction of sp³-hybridized carbons (Fsp3) is 0.333. The van der Waals surface area contributed by atoms with Gasteiger partial charge in [0.15, 0.2) is 17.1 Å². The standard InChI is InChI=1S/C36H25F17N6O15S3/c37-28(38)75(63,64)72-54-25(32(39,40)41)19-1-7-22(8-2-19)69-16-13-57-29(60)58(14-17-70-23-9-3-20(4-10-23)26(33(42,43)44)55-73-76(65,66)35(48,49)50)31(62)59(30(57)61)15-18-71-24-11-5-21(6-12-24)27(34(45,46)47)56-74-77(67,68)36(51,52)53/h1-12,28H,13-18H2/b54-25-,55-26-,56-27-. The molecular formula is C36H25F17N6O15S3. The van der Waals surface area contributed by atoms with Crippen LogP contribution in [0, 0.1) is 0 Å². The van der Waals surface area contributed by atoms with Gasteiger partial charge in [0.1, 0.15) is 37.1 Å². The van der Waals surface area contributed by atoms with Crippen molar-refractivity contribution in [3.8, 4) is 17.2 Å². The Hall–Kier alpha value is -7.46. The number of hydrogen-bond acceptors (Lipinski definition) is 18. The van der Waals surface area contributed by atoms with Crippen molar-refractivity contribution in [1.82, 2.24) is 13.7 Å². The Morgan fingerprint density at radius 3 is 0.857 bits per heavy atom. The van der Waals surface area contributed by atoms with E-state index in [4.69, 9.17) is 14.2 Å². The van der Waals surface area contributed by atoms with E-state index in [0.29, 0.717) is 50.1 Å². The normalized spacial score (nSPS) is 13.9. The number of alkyl halides is 17. The van der Waals surface area contributed by atoms with Crippen molar-refractivity contribution in [1.29, 1.82) is 0 Å². The molecule has 0 spiro atoms. The first-order chi connectivity index (χ1) is 35.2. The first-order valence-corrected chi connectivity index (χ1v) is 23.8. The third-order valence-electron chi connectivity index (χ3n) is 8.80. The highest BCUT2D eigenvalue weighted by molar-refractivity contribution is 7.88. The molecule has 77 heavy (non-hydrogen) atoms. The van der Waals surface area contributed by atoms with Crippen LogP contribution in [0.2, 0.25) is 0 Å². The van der Waals surface area contributed by atoms with Gasteiger partial charge in [0.25, 0.3) is 0 Å².